The lowest BCUT2D eigenvalue weighted by molar-refractivity contribution is 0.100. The number of hydrogen-bond donors (Lipinski definition) is 0. The van der Waals surface area contributed by atoms with Crippen LogP contribution in [0.2, 0.25) is 0 Å². The molecule has 0 N–H and O–H groups in total. The number of rotatable bonds is 3. The third kappa shape index (κ3) is 3.09. The first-order valence-electron chi connectivity index (χ1n) is 5.29. The highest BCUT2D eigenvalue weighted by atomic mass is 79.9. The highest BCUT2D eigenvalue weighted by molar-refractivity contribution is 9.10. The number of thioether (sulfide) groups is 1. The van der Waals surface area contributed by atoms with Crippen molar-refractivity contribution in [3.05, 3.63) is 28.2 Å². The molecule has 0 amide bonds. The van der Waals surface area contributed by atoms with Gasteiger partial charge in [0.1, 0.15) is 0 Å². The Morgan fingerprint density at radius 2 is 2.12 bits per heavy atom. The van der Waals surface area contributed by atoms with E-state index in [9.17, 15) is 4.79 Å². The normalized spacial score (nSPS) is 17.3. The minimum Gasteiger partial charge on any atom is -0.381 e. The summed E-state index contributed by atoms with van der Waals surface area (Å²) in [5.74, 6) is 0. The van der Waals surface area contributed by atoms with E-state index >= 15 is 0 Å². The first-order chi connectivity index (χ1) is 7.79. The monoisotopic (exact) mass is 300 g/mol. The van der Waals surface area contributed by atoms with Gasteiger partial charge in [0, 0.05) is 33.4 Å². The molecule has 0 radical (unpaired) electrons. The molecule has 0 spiro atoms. The van der Waals surface area contributed by atoms with Crippen molar-refractivity contribution in [1.82, 2.24) is 0 Å². The molecule has 1 heterocycles. The minimum atomic E-state index is 0.641. The molecular weight excluding hydrogens is 288 g/mol. The van der Waals surface area contributed by atoms with Crippen molar-refractivity contribution in [3.8, 4) is 0 Å². The van der Waals surface area contributed by atoms with Crippen LogP contribution in [-0.4, -0.2) is 24.7 Å². The van der Waals surface area contributed by atoms with Crippen molar-refractivity contribution in [2.24, 2.45) is 0 Å². The highest BCUT2D eigenvalue weighted by Crippen LogP contribution is 2.31. The van der Waals surface area contributed by atoms with Crippen LogP contribution in [0.4, 0.5) is 0 Å². The Morgan fingerprint density at radius 1 is 1.38 bits per heavy atom. The van der Waals surface area contributed by atoms with Crippen LogP contribution in [0.1, 0.15) is 23.2 Å². The van der Waals surface area contributed by atoms with Gasteiger partial charge >= 0.3 is 0 Å². The minimum absolute atomic E-state index is 0.641. The van der Waals surface area contributed by atoms with E-state index in [-0.39, 0.29) is 0 Å². The van der Waals surface area contributed by atoms with Gasteiger partial charge in [0.2, 0.25) is 0 Å². The van der Waals surface area contributed by atoms with E-state index in [1.165, 1.54) is 4.90 Å². The number of halogens is 1. The Balaban J connectivity index is 2.03. The molecule has 0 saturated carbocycles. The van der Waals surface area contributed by atoms with Crippen LogP contribution in [0.25, 0.3) is 0 Å². The summed E-state index contributed by atoms with van der Waals surface area (Å²) in [5.41, 5.74) is 0.705. The highest BCUT2D eigenvalue weighted by Gasteiger charge is 2.15. The maximum absolute atomic E-state index is 10.7. The van der Waals surface area contributed by atoms with Crippen molar-refractivity contribution < 1.29 is 9.53 Å². The van der Waals surface area contributed by atoms with Gasteiger partial charge in [-0.25, -0.2) is 0 Å². The van der Waals surface area contributed by atoms with Crippen molar-refractivity contribution >= 4 is 34.0 Å². The van der Waals surface area contributed by atoms with Crippen molar-refractivity contribution in [3.63, 3.8) is 0 Å². The number of carbonyl (C=O) groups excluding carboxylic acids is 1. The van der Waals surface area contributed by atoms with Gasteiger partial charge in [-0.1, -0.05) is 15.9 Å². The maximum Gasteiger partial charge on any atom is 0.151 e. The molecule has 1 aliphatic rings. The quantitative estimate of drug-likeness (QED) is 0.799. The molecule has 4 heteroatoms. The number of aldehydes is 1. The van der Waals surface area contributed by atoms with E-state index in [1.807, 2.05) is 30.0 Å². The number of hydrogen-bond acceptors (Lipinski definition) is 3. The van der Waals surface area contributed by atoms with Crippen LogP contribution >= 0.6 is 27.7 Å². The summed E-state index contributed by atoms with van der Waals surface area (Å²) in [4.78, 5) is 11.9. The summed E-state index contributed by atoms with van der Waals surface area (Å²) >= 11 is 5.27. The average Bonchev–Trinajstić information content (AvgIpc) is 2.31. The molecule has 0 bridgehead atoms. The van der Waals surface area contributed by atoms with Crippen LogP contribution in [0.5, 0.6) is 0 Å². The largest absolute Gasteiger partial charge is 0.381 e. The van der Waals surface area contributed by atoms with Gasteiger partial charge in [-0.3, -0.25) is 4.79 Å². The first kappa shape index (κ1) is 12.1. The fourth-order valence-corrected chi connectivity index (χ4v) is 3.43. The van der Waals surface area contributed by atoms with E-state index in [0.717, 1.165) is 36.8 Å². The van der Waals surface area contributed by atoms with Crippen LogP contribution in [0.15, 0.2) is 27.6 Å². The molecule has 1 saturated heterocycles. The van der Waals surface area contributed by atoms with Gasteiger partial charge < -0.3 is 4.74 Å². The Kier molecular flexibility index (Phi) is 4.44. The first-order valence-corrected chi connectivity index (χ1v) is 6.96. The topological polar surface area (TPSA) is 26.3 Å². The van der Waals surface area contributed by atoms with Gasteiger partial charge in [0.15, 0.2) is 6.29 Å². The Labute approximate surface area is 108 Å². The second-order valence-corrected chi connectivity index (χ2v) is 5.96. The molecule has 0 unspecified atom stereocenters. The molecular formula is C12H13BrO2S. The zero-order valence-corrected chi connectivity index (χ0v) is 11.2. The molecule has 86 valence electrons. The second kappa shape index (κ2) is 5.84. The van der Waals surface area contributed by atoms with Crippen LogP contribution in [0.3, 0.4) is 0 Å². The molecule has 1 aromatic rings. The average molecular weight is 301 g/mol. The van der Waals surface area contributed by atoms with Crippen molar-refractivity contribution in [2.75, 3.05) is 13.2 Å². The van der Waals surface area contributed by atoms with E-state index in [1.54, 1.807) is 0 Å². The number of carbonyl (C=O) groups is 1. The Hall–Kier alpha value is -0.320. The lowest BCUT2D eigenvalue weighted by Crippen LogP contribution is -2.17. The summed E-state index contributed by atoms with van der Waals surface area (Å²) < 4.78 is 6.20. The second-order valence-electron chi connectivity index (χ2n) is 3.73. The van der Waals surface area contributed by atoms with Gasteiger partial charge in [-0.15, -0.1) is 11.8 Å². The fourth-order valence-electron chi connectivity index (χ4n) is 1.66. The van der Waals surface area contributed by atoms with E-state index in [4.69, 9.17) is 4.74 Å². The number of benzene rings is 1. The predicted octanol–water partition coefficient (Wildman–Crippen LogP) is 3.53. The molecule has 16 heavy (non-hydrogen) atoms. The smallest absolute Gasteiger partial charge is 0.151 e. The maximum atomic E-state index is 10.7. The number of ether oxygens (including phenoxy) is 1. The van der Waals surface area contributed by atoms with Crippen molar-refractivity contribution in [1.29, 1.82) is 0 Å². The van der Waals surface area contributed by atoms with Gasteiger partial charge in [-0.05, 0) is 31.0 Å². The third-order valence-electron chi connectivity index (χ3n) is 2.57. The van der Waals surface area contributed by atoms with Crippen LogP contribution in [0, 0.1) is 0 Å². The molecule has 0 aliphatic carbocycles. The van der Waals surface area contributed by atoms with Gasteiger partial charge in [0.05, 0.1) is 0 Å². The lowest BCUT2D eigenvalue weighted by atomic mass is 10.2. The zero-order chi connectivity index (χ0) is 11.4. The van der Waals surface area contributed by atoms with Crippen molar-refractivity contribution in [2.45, 2.75) is 23.0 Å². The molecule has 0 atom stereocenters. The van der Waals surface area contributed by atoms with E-state index < -0.39 is 0 Å². The summed E-state index contributed by atoms with van der Waals surface area (Å²) in [6.07, 6.45) is 3.09. The molecule has 2 rings (SSSR count). The summed E-state index contributed by atoms with van der Waals surface area (Å²) in [5, 5.41) is 0.641. The lowest BCUT2D eigenvalue weighted by Gasteiger charge is -2.21. The standard InChI is InChI=1S/C12H13BrO2S/c13-12-7-11(2-1-9(12)8-14)16-10-3-5-15-6-4-10/h1-2,7-8,10H,3-6H2. The van der Waals surface area contributed by atoms with E-state index in [0.29, 0.717) is 10.8 Å². The van der Waals surface area contributed by atoms with E-state index in [2.05, 4.69) is 15.9 Å². The van der Waals surface area contributed by atoms with Crippen LogP contribution in [-0.2, 0) is 4.74 Å². The molecule has 1 aromatic carbocycles. The summed E-state index contributed by atoms with van der Waals surface area (Å²) in [7, 11) is 0. The Bertz CT molecular complexity index is 375. The fraction of sp³-hybridized carbons (Fsp3) is 0.417. The summed E-state index contributed by atoms with van der Waals surface area (Å²) in [6, 6.07) is 5.89. The van der Waals surface area contributed by atoms with Gasteiger partial charge in [0.25, 0.3) is 0 Å². The molecule has 0 aromatic heterocycles. The third-order valence-corrected chi connectivity index (χ3v) is 4.59. The van der Waals surface area contributed by atoms with Gasteiger partial charge in [-0.2, -0.15) is 0 Å². The molecule has 1 fully saturated rings. The molecule has 2 nitrogen and oxygen atoms in total. The Morgan fingerprint density at radius 3 is 2.75 bits per heavy atom. The zero-order valence-electron chi connectivity index (χ0n) is 8.82. The predicted molar refractivity (Wildman–Crippen MR) is 69.2 cm³/mol. The van der Waals surface area contributed by atoms with Crippen LogP contribution < -0.4 is 0 Å². The molecule has 1 aliphatic heterocycles. The SMILES string of the molecule is O=Cc1ccc(SC2CCOCC2)cc1Br. The summed E-state index contributed by atoms with van der Waals surface area (Å²) in [6.45, 7) is 1.73.